The van der Waals surface area contributed by atoms with Gasteiger partial charge in [0.15, 0.2) is 12.4 Å². The Morgan fingerprint density at radius 3 is 2.57 bits per heavy atom. The zero-order chi connectivity index (χ0) is 15.1. The first kappa shape index (κ1) is 14.4. The molecule has 0 saturated carbocycles. The predicted octanol–water partition coefficient (Wildman–Crippen LogP) is 3.00. The molecule has 0 radical (unpaired) electrons. The summed E-state index contributed by atoms with van der Waals surface area (Å²) in [6.45, 7) is -0.106. The quantitative estimate of drug-likeness (QED) is 0.622. The molecule has 0 aliphatic rings. The normalized spacial score (nSPS) is 9.43. The summed E-state index contributed by atoms with van der Waals surface area (Å²) in [5.41, 5.74) is 1.76. The third-order valence-electron chi connectivity index (χ3n) is 2.97. The number of carbonyl (C=O) groups excluding carboxylic acids is 1. The maximum absolute atomic E-state index is 12.4. The minimum atomic E-state index is -0.106. The summed E-state index contributed by atoms with van der Waals surface area (Å²) in [4.78, 5) is 12.4. The smallest absolute Gasteiger partial charge is 0.174 e. The van der Waals surface area contributed by atoms with Gasteiger partial charge in [0.05, 0.1) is 5.56 Å². The Morgan fingerprint density at radius 2 is 1.90 bits per heavy atom. The number of hydrogen-bond acceptors (Lipinski definition) is 3. The van der Waals surface area contributed by atoms with Crippen LogP contribution >= 0.6 is 0 Å². The van der Waals surface area contributed by atoms with Crippen LogP contribution < -0.4 is 4.74 Å². The van der Waals surface area contributed by atoms with Crippen LogP contribution in [0.4, 0.5) is 0 Å². The molecule has 0 heterocycles. The Balaban J connectivity index is 2.29. The number of ether oxygens (including phenoxy) is 1. The van der Waals surface area contributed by atoms with Gasteiger partial charge in [-0.1, -0.05) is 42.3 Å². The van der Waals surface area contributed by atoms with E-state index in [1.807, 2.05) is 36.4 Å². The molecule has 2 aromatic carbocycles. The first-order valence-corrected chi connectivity index (χ1v) is 6.42. The highest BCUT2D eigenvalue weighted by Crippen LogP contribution is 2.23. The summed E-state index contributed by atoms with van der Waals surface area (Å²) >= 11 is 0. The lowest BCUT2D eigenvalue weighted by Crippen LogP contribution is -2.07. The van der Waals surface area contributed by atoms with Gasteiger partial charge in [-0.15, -0.1) is 6.42 Å². The first-order valence-electron chi connectivity index (χ1n) is 6.42. The monoisotopic (exact) mass is 275 g/mol. The second-order valence-corrected chi connectivity index (χ2v) is 4.36. The molecule has 3 heteroatoms. The zero-order valence-corrected chi connectivity index (χ0v) is 11.4. The number of nitriles is 1. The molecular weight excluding hydrogens is 262 g/mol. The summed E-state index contributed by atoms with van der Waals surface area (Å²) in [5.74, 6) is 2.80. The third kappa shape index (κ3) is 3.49. The van der Waals surface area contributed by atoms with E-state index in [1.54, 1.807) is 18.2 Å². The van der Waals surface area contributed by atoms with Crippen LogP contribution in [0.2, 0.25) is 0 Å². The Hall–Kier alpha value is -3.04. The van der Waals surface area contributed by atoms with Crippen LogP contribution in [0.5, 0.6) is 5.75 Å². The van der Waals surface area contributed by atoms with E-state index in [-0.39, 0.29) is 18.8 Å². The lowest BCUT2D eigenvalue weighted by atomic mass is 9.98. The molecule has 0 fully saturated rings. The second kappa shape index (κ2) is 6.93. The van der Waals surface area contributed by atoms with Crippen LogP contribution in [0.1, 0.15) is 21.5 Å². The van der Waals surface area contributed by atoms with E-state index in [0.29, 0.717) is 16.9 Å². The van der Waals surface area contributed by atoms with Crippen LogP contribution in [-0.4, -0.2) is 12.4 Å². The van der Waals surface area contributed by atoms with Crippen molar-refractivity contribution in [1.29, 1.82) is 5.26 Å². The summed E-state index contributed by atoms with van der Waals surface area (Å²) in [6, 6.07) is 16.4. The molecule has 0 amide bonds. The van der Waals surface area contributed by atoms with Gasteiger partial charge in [-0.2, -0.15) is 5.26 Å². The van der Waals surface area contributed by atoms with E-state index in [9.17, 15) is 4.79 Å². The zero-order valence-electron chi connectivity index (χ0n) is 11.4. The highest BCUT2D eigenvalue weighted by Gasteiger charge is 2.14. The number of terminal acetylenes is 1. The number of rotatable bonds is 5. The number of benzene rings is 2. The SMILES string of the molecule is C#Cc1c(OCC#N)cccc1C(=O)Cc1ccccc1. The van der Waals surface area contributed by atoms with Gasteiger partial charge >= 0.3 is 0 Å². The minimum Gasteiger partial charge on any atom is -0.477 e. The average Bonchev–Trinajstić information content (AvgIpc) is 2.53. The summed E-state index contributed by atoms with van der Waals surface area (Å²) in [5, 5.41) is 8.57. The van der Waals surface area contributed by atoms with Crippen molar-refractivity contribution >= 4 is 5.78 Å². The Bertz CT molecular complexity index is 721. The van der Waals surface area contributed by atoms with Crippen molar-refractivity contribution in [2.24, 2.45) is 0 Å². The van der Waals surface area contributed by atoms with Crippen LogP contribution in [-0.2, 0) is 6.42 Å². The van der Waals surface area contributed by atoms with E-state index < -0.39 is 0 Å². The van der Waals surface area contributed by atoms with Gasteiger partial charge in [-0.3, -0.25) is 4.79 Å². The molecule has 0 bridgehead atoms. The van der Waals surface area contributed by atoms with Crippen molar-refractivity contribution in [2.75, 3.05) is 6.61 Å². The highest BCUT2D eigenvalue weighted by atomic mass is 16.5. The molecule has 3 nitrogen and oxygen atoms in total. The lowest BCUT2D eigenvalue weighted by Gasteiger charge is -2.09. The molecule has 0 saturated heterocycles. The summed E-state index contributed by atoms with van der Waals surface area (Å²) < 4.78 is 5.26. The van der Waals surface area contributed by atoms with Gasteiger partial charge in [0.25, 0.3) is 0 Å². The van der Waals surface area contributed by atoms with Gasteiger partial charge in [0.1, 0.15) is 11.8 Å². The van der Waals surface area contributed by atoms with E-state index in [4.69, 9.17) is 16.4 Å². The Labute approximate surface area is 123 Å². The third-order valence-corrected chi connectivity index (χ3v) is 2.97. The molecule has 0 aliphatic carbocycles. The fourth-order valence-electron chi connectivity index (χ4n) is 2.02. The number of Topliss-reactive ketones (excluding diaryl/α,β-unsaturated/α-hetero) is 1. The fourth-order valence-corrected chi connectivity index (χ4v) is 2.02. The lowest BCUT2D eigenvalue weighted by molar-refractivity contribution is 0.0992. The van der Waals surface area contributed by atoms with Crippen molar-refractivity contribution in [3.8, 4) is 24.2 Å². The topological polar surface area (TPSA) is 50.1 Å². The Kier molecular flexibility index (Phi) is 4.75. The Morgan fingerprint density at radius 1 is 1.14 bits per heavy atom. The van der Waals surface area contributed by atoms with Crippen molar-refractivity contribution in [1.82, 2.24) is 0 Å². The van der Waals surface area contributed by atoms with Gasteiger partial charge in [-0.05, 0) is 17.7 Å². The second-order valence-electron chi connectivity index (χ2n) is 4.36. The van der Waals surface area contributed by atoms with Crippen LogP contribution in [0.25, 0.3) is 0 Å². The molecule has 0 unspecified atom stereocenters. The fraction of sp³-hybridized carbons (Fsp3) is 0.111. The molecule has 0 aliphatic heterocycles. The molecule has 2 aromatic rings. The van der Waals surface area contributed by atoms with E-state index >= 15 is 0 Å². The summed E-state index contributed by atoms with van der Waals surface area (Å²) in [7, 11) is 0. The molecule has 0 N–H and O–H groups in total. The molecule has 102 valence electrons. The maximum atomic E-state index is 12.4. The van der Waals surface area contributed by atoms with E-state index in [0.717, 1.165) is 5.56 Å². The number of carbonyl (C=O) groups is 1. The average molecular weight is 275 g/mol. The standard InChI is InChI=1S/C18H13NO2/c1-2-15-16(9-6-10-18(15)21-12-11-19)17(20)13-14-7-4-3-5-8-14/h1,3-10H,12-13H2. The van der Waals surface area contributed by atoms with Crippen molar-refractivity contribution in [2.45, 2.75) is 6.42 Å². The van der Waals surface area contributed by atoms with E-state index in [1.165, 1.54) is 0 Å². The number of ketones is 1. The molecule has 0 spiro atoms. The van der Waals surface area contributed by atoms with Crippen molar-refractivity contribution in [3.63, 3.8) is 0 Å². The maximum Gasteiger partial charge on any atom is 0.174 e. The largest absolute Gasteiger partial charge is 0.477 e. The predicted molar refractivity (Wildman–Crippen MR) is 80.0 cm³/mol. The summed E-state index contributed by atoms with van der Waals surface area (Å²) in [6.07, 6.45) is 5.76. The van der Waals surface area contributed by atoms with Crippen LogP contribution in [0.3, 0.4) is 0 Å². The van der Waals surface area contributed by atoms with E-state index in [2.05, 4.69) is 5.92 Å². The first-order chi connectivity index (χ1) is 10.3. The van der Waals surface area contributed by atoms with Gasteiger partial charge in [0, 0.05) is 12.0 Å². The highest BCUT2D eigenvalue weighted by molar-refractivity contribution is 6.00. The molecule has 0 atom stereocenters. The van der Waals surface area contributed by atoms with Crippen molar-refractivity contribution in [3.05, 3.63) is 65.2 Å². The van der Waals surface area contributed by atoms with Crippen LogP contribution in [0, 0.1) is 23.7 Å². The van der Waals surface area contributed by atoms with Gasteiger partial charge < -0.3 is 4.74 Å². The van der Waals surface area contributed by atoms with Crippen LogP contribution in [0.15, 0.2) is 48.5 Å². The van der Waals surface area contributed by atoms with Gasteiger partial charge in [0.2, 0.25) is 0 Å². The van der Waals surface area contributed by atoms with Gasteiger partial charge in [-0.25, -0.2) is 0 Å². The number of hydrogen-bond donors (Lipinski definition) is 0. The minimum absolute atomic E-state index is 0.0726. The molecule has 2 rings (SSSR count). The molecular formula is C18H13NO2. The number of nitrogens with zero attached hydrogens (tertiary/aromatic N) is 1. The molecule has 21 heavy (non-hydrogen) atoms. The van der Waals surface area contributed by atoms with Crippen molar-refractivity contribution < 1.29 is 9.53 Å². The molecule has 0 aromatic heterocycles.